The summed E-state index contributed by atoms with van der Waals surface area (Å²) in [5.41, 5.74) is 1.81. The number of rotatable bonds is 6. The number of halogens is 1. The molecular formula is C14H19ClO3S. The Morgan fingerprint density at radius 1 is 1.42 bits per heavy atom. The van der Waals surface area contributed by atoms with Crippen LogP contribution in [0.25, 0.3) is 0 Å². The van der Waals surface area contributed by atoms with Crippen molar-refractivity contribution in [1.82, 2.24) is 0 Å². The lowest BCUT2D eigenvalue weighted by Gasteiger charge is -2.15. The summed E-state index contributed by atoms with van der Waals surface area (Å²) < 4.78 is 28.4. The molecule has 0 amide bonds. The van der Waals surface area contributed by atoms with E-state index in [2.05, 4.69) is 6.58 Å². The highest BCUT2D eigenvalue weighted by Crippen LogP contribution is 2.30. The quantitative estimate of drug-likeness (QED) is 0.587. The van der Waals surface area contributed by atoms with Gasteiger partial charge < -0.3 is 4.74 Å². The maximum absolute atomic E-state index is 11.3. The Morgan fingerprint density at radius 3 is 2.53 bits per heavy atom. The summed E-state index contributed by atoms with van der Waals surface area (Å²) in [6.45, 7) is 10.3. The van der Waals surface area contributed by atoms with Crippen LogP contribution in [-0.2, 0) is 9.05 Å². The Balaban J connectivity index is 3.09. The first kappa shape index (κ1) is 16.1. The van der Waals surface area contributed by atoms with Crippen LogP contribution in [0.4, 0.5) is 0 Å². The van der Waals surface area contributed by atoms with E-state index in [-0.39, 0.29) is 10.8 Å². The van der Waals surface area contributed by atoms with E-state index in [1.165, 1.54) is 6.07 Å². The van der Waals surface area contributed by atoms with Gasteiger partial charge in [-0.05, 0) is 41.7 Å². The number of hydrogen-bond donors (Lipinski definition) is 0. The lowest BCUT2D eigenvalue weighted by atomic mass is 10.0. The number of ether oxygens (including phenoxy) is 1. The fraction of sp³-hybridized carbons (Fsp3) is 0.429. The largest absolute Gasteiger partial charge is 0.489 e. The highest BCUT2D eigenvalue weighted by Gasteiger charge is 2.15. The van der Waals surface area contributed by atoms with Crippen molar-refractivity contribution in [1.29, 1.82) is 0 Å². The summed E-state index contributed by atoms with van der Waals surface area (Å²) in [4.78, 5) is 0.0968. The van der Waals surface area contributed by atoms with E-state index in [4.69, 9.17) is 15.4 Å². The van der Waals surface area contributed by atoms with Crippen LogP contribution in [0.15, 0.2) is 35.2 Å². The minimum Gasteiger partial charge on any atom is -0.489 e. The van der Waals surface area contributed by atoms with Crippen molar-refractivity contribution in [2.45, 2.75) is 38.0 Å². The molecule has 0 fully saturated rings. The van der Waals surface area contributed by atoms with E-state index in [0.717, 1.165) is 17.6 Å². The van der Waals surface area contributed by atoms with Crippen molar-refractivity contribution in [3.8, 4) is 5.75 Å². The molecule has 0 radical (unpaired) electrons. The van der Waals surface area contributed by atoms with Crippen molar-refractivity contribution in [3.05, 3.63) is 35.9 Å². The van der Waals surface area contributed by atoms with Gasteiger partial charge in [-0.2, -0.15) is 0 Å². The van der Waals surface area contributed by atoms with Gasteiger partial charge in [-0.1, -0.05) is 27.4 Å². The molecule has 19 heavy (non-hydrogen) atoms. The second-order valence-electron chi connectivity index (χ2n) is 4.68. The van der Waals surface area contributed by atoms with Crippen molar-refractivity contribution in [3.63, 3.8) is 0 Å². The fourth-order valence-corrected chi connectivity index (χ4v) is 2.33. The summed E-state index contributed by atoms with van der Waals surface area (Å²) in [6.07, 6.45) is 0.852. The minimum absolute atomic E-state index is 0.0968. The summed E-state index contributed by atoms with van der Waals surface area (Å²) in [5.74, 6) is 0.817. The van der Waals surface area contributed by atoms with Gasteiger partial charge in [0.2, 0.25) is 0 Å². The normalized spacial score (nSPS) is 11.6. The zero-order chi connectivity index (χ0) is 14.6. The van der Waals surface area contributed by atoms with Crippen LogP contribution in [0, 0.1) is 0 Å². The SMILES string of the molecule is C=C(CC)COc1ccc(S(=O)(=O)Cl)cc1C(C)C. The molecule has 0 heterocycles. The first-order valence-corrected chi connectivity index (χ1v) is 8.44. The van der Waals surface area contributed by atoms with Crippen molar-refractivity contribution in [2.24, 2.45) is 0 Å². The van der Waals surface area contributed by atoms with Gasteiger partial charge in [-0.25, -0.2) is 8.42 Å². The molecule has 1 aromatic carbocycles. The first-order valence-electron chi connectivity index (χ1n) is 6.13. The summed E-state index contributed by atoms with van der Waals surface area (Å²) in [7, 11) is 1.64. The van der Waals surface area contributed by atoms with Gasteiger partial charge in [-0.15, -0.1) is 0 Å². The van der Waals surface area contributed by atoms with Crippen LogP contribution in [0.3, 0.4) is 0 Å². The van der Waals surface area contributed by atoms with Gasteiger partial charge in [-0.3, -0.25) is 0 Å². The highest BCUT2D eigenvalue weighted by atomic mass is 35.7. The summed E-state index contributed by atoms with van der Waals surface area (Å²) in [6, 6.07) is 4.67. The zero-order valence-electron chi connectivity index (χ0n) is 11.4. The lowest BCUT2D eigenvalue weighted by molar-refractivity contribution is 0.343. The van der Waals surface area contributed by atoms with Gasteiger partial charge in [0.15, 0.2) is 0 Å². The molecule has 0 aliphatic rings. The van der Waals surface area contributed by atoms with Gasteiger partial charge >= 0.3 is 0 Å². The second-order valence-corrected chi connectivity index (χ2v) is 7.25. The topological polar surface area (TPSA) is 43.4 Å². The Bertz CT molecular complexity index is 562. The minimum atomic E-state index is -3.71. The predicted molar refractivity (Wildman–Crippen MR) is 78.5 cm³/mol. The van der Waals surface area contributed by atoms with Crippen molar-refractivity contribution < 1.29 is 13.2 Å². The van der Waals surface area contributed by atoms with E-state index in [1.54, 1.807) is 12.1 Å². The standard InChI is InChI=1S/C14H19ClO3S/c1-5-11(4)9-18-14-7-6-12(19(15,16)17)8-13(14)10(2)3/h6-8,10H,4-5,9H2,1-3H3. The van der Waals surface area contributed by atoms with Crippen LogP contribution >= 0.6 is 10.7 Å². The maximum Gasteiger partial charge on any atom is 0.261 e. The van der Waals surface area contributed by atoms with Gasteiger partial charge in [0, 0.05) is 10.7 Å². The third-order valence-electron chi connectivity index (χ3n) is 2.82. The van der Waals surface area contributed by atoms with Crippen LogP contribution in [-0.4, -0.2) is 15.0 Å². The Morgan fingerprint density at radius 2 is 2.05 bits per heavy atom. The molecule has 0 aromatic heterocycles. The van der Waals surface area contributed by atoms with Crippen LogP contribution in [0.5, 0.6) is 5.75 Å². The summed E-state index contributed by atoms with van der Waals surface area (Å²) >= 11 is 0. The van der Waals surface area contributed by atoms with E-state index in [0.29, 0.717) is 12.4 Å². The molecule has 5 heteroatoms. The number of benzene rings is 1. The average molecular weight is 303 g/mol. The molecule has 0 bridgehead atoms. The molecule has 0 saturated heterocycles. The average Bonchev–Trinajstić information content (AvgIpc) is 2.34. The van der Waals surface area contributed by atoms with Gasteiger partial charge in [0.25, 0.3) is 9.05 Å². The smallest absolute Gasteiger partial charge is 0.261 e. The van der Waals surface area contributed by atoms with Crippen LogP contribution in [0.1, 0.15) is 38.7 Å². The summed E-state index contributed by atoms with van der Waals surface area (Å²) in [5, 5.41) is 0. The molecule has 0 spiro atoms. The molecule has 0 saturated carbocycles. The zero-order valence-corrected chi connectivity index (χ0v) is 13.0. The van der Waals surface area contributed by atoms with E-state index >= 15 is 0 Å². The van der Waals surface area contributed by atoms with Crippen molar-refractivity contribution in [2.75, 3.05) is 6.61 Å². The first-order chi connectivity index (χ1) is 8.75. The molecule has 0 aliphatic carbocycles. The van der Waals surface area contributed by atoms with Gasteiger partial charge in [0.1, 0.15) is 12.4 Å². The molecule has 0 unspecified atom stereocenters. The second kappa shape index (κ2) is 6.44. The third-order valence-corrected chi connectivity index (χ3v) is 4.17. The van der Waals surface area contributed by atoms with E-state index in [9.17, 15) is 8.42 Å². The molecule has 1 rings (SSSR count). The van der Waals surface area contributed by atoms with E-state index < -0.39 is 9.05 Å². The molecule has 0 N–H and O–H groups in total. The van der Waals surface area contributed by atoms with E-state index in [1.807, 2.05) is 20.8 Å². The molecule has 106 valence electrons. The molecular weight excluding hydrogens is 284 g/mol. The van der Waals surface area contributed by atoms with Crippen LogP contribution < -0.4 is 4.74 Å². The fourth-order valence-electron chi connectivity index (χ4n) is 1.54. The molecule has 0 aliphatic heterocycles. The Labute approximate surface area is 119 Å². The number of hydrogen-bond acceptors (Lipinski definition) is 3. The Kier molecular flexibility index (Phi) is 5.44. The molecule has 3 nitrogen and oxygen atoms in total. The highest BCUT2D eigenvalue weighted by molar-refractivity contribution is 8.13. The molecule has 1 aromatic rings. The van der Waals surface area contributed by atoms with Crippen LogP contribution in [0.2, 0.25) is 0 Å². The third kappa shape index (κ3) is 4.55. The lowest BCUT2D eigenvalue weighted by Crippen LogP contribution is -2.04. The Hall–Kier alpha value is -1.00. The predicted octanol–water partition coefficient (Wildman–Crippen LogP) is 4.08. The van der Waals surface area contributed by atoms with Crippen molar-refractivity contribution >= 4 is 19.7 Å². The monoisotopic (exact) mass is 302 g/mol. The molecule has 0 atom stereocenters. The maximum atomic E-state index is 11.3. The van der Waals surface area contributed by atoms with Gasteiger partial charge in [0.05, 0.1) is 4.90 Å².